The van der Waals surface area contributed by atoms with Gasteiger partial charge in [0.25, 0.3) is 5.91 Å². The second-order valence-electron chi connectivity index (χ2n) is 6.01. The van der Waals surface area contributed by atoms with E-state index in [9.17, 15) is 10.1 Å². The van der Waals surface area contributed by atoms with Gasteiger partial charge in [0.15, 0.2) is 0 Å². The summed E-state index contributed by atoms with van der Waals surface area (Å²) >= 11 is 1.52. The Balaban J connectivity index is 1.48. The predicted molar refractivity (Wildman–Crippen MR) is 112 cm³/mol. The summed E-state index contributed by atoms with van der Waals surface area (Å²) in [6.45, 7) is 0. The summed E-state index contributed by atoms with van der Waals surface area (Å²) in [5.41, 5.74) is 2.44. The molecule has 0 atom stereocenters. The van der Waals surface area contributed by atoms with Crippen molar-refractivity contribution >= 4 is 29.0 Å². The number of rotatable bonds is 5. The lowest BCUT2D eigenvalue weighted by molar-refractivity contribution is -0.112. The van der Waals surface area contributed by atoms with E-state index >= 15 is 0 Å². The van der Waals surface area contributed by atoms with Gasteiger partial charge in [0.2, 0.25) is 12.3 Å². The fourth-order valence-electron chi connectivity index (χ4n) is 2.67. The van der Waals surface area contributed by atoms with Crippen LogP contribution in [0.3, 0.4) is 0 Å². The molecule has 1 N–H and O–H groups in total. The van der Waals surface area contributed by atoms with E-state index in [4.69, 9.17) is 4.42 Å². The largest absolute Gasteiger partial charge is 0.423 e. The second kappa shape index (κ2) is 8.33. The van der Waals surface area contributed by atoms with Crippen molar-refractivity contribution in [1.82, 2.24) is 10.2 Å². The van der Waals surface area contributed by atoms with Crippen molar-refractivity contribution in [1.29, 1.82) is 5.26 Å². The van der Waals surface area contributed by atoms with Gasteiger partial charge in [-0.3, -0.25) is 4.79 Å². The summed E-state index contributed by atoms with van der Waals surface area (Å²) in [5.74, 6) is -0.0693. The third-order valence-electron chi connectivity index (χ3n) is 4.09. The van der Waals surface area contributed by atoms with E-state index in [1.54, 1.807) is 30.3 Å². The maximum atomic E-state index is 12.5. The van der Waals surface area contributed by atoms with Crippen LogP contribution in [0.2, 0.25) is 0 Å². The molecule has 0 aliphatic carbocycles. The predicted octanol–water partition coefficient (Wildman–Crippen LogP) is 5.01. The number of carbonyl (C=O) groups is 1. The average molecular weight is 398 g/mol. The lowest BCUT2D eigenvalue weighted by Crippen LogP contribution is -2.13. The summed E-state index contributed by atoms with van der Waals surface area (Å²) in [5, 5.41) is 19.6. The van der Waals surface area contributed by atoms with Gasteiger partial charge in [-0.15, -0.1) is 21.5 Å². The van der Waals surface area contributed by atoms with Crippen molar-refractivity contribution in [2.24, 2.45) is 0 Å². The first-order chi connectivity index (χ1) is 14.2. The molecule has 4 aromatic rings. The van der Waals surface area contributed by atoms with Gasteiger partial charge in [-0.1, -0.05) is 30.3 Å². The number of amides is 1. The number of carbonyl (C=O) groups excluding carboxylic acids is 1. The van der Waals surface area contributed by atoms with Crippen molar-refractivity contribution in [2.75, 3.05) is 5.32 Å². The van der Waals surface area contributed by atoms with Crippen LogP contribution in [0.15, 0.2) is 83.1 Å². The first-order valence-electron chi connectivity index (χ1n) is 8.68. The second-order valence-corrected chi connectivity index (χ2v) is 7.13. The Morgan fingerprint density at radius 3 is 2.52 bits per heavy atom. The van der Waals surface area contributed by atoms with Crippen LogP contribution >= 0.6 is 11.3 Å². The Hall–Kier alpha value is -4.02. The Labute approximate surface area is 170 Å². The number of nitrogens with zero attached hydrogens (tertiary/aromatic N) is 3. The lowest BCUT2D eigenvalue weighted by atomic mass is 10.2. The first kappa shape index (κ1) is 18.3. The van der Waals surface area contributed by atoms with Crippen molar-refractivity contribution < 1.29 is 9.21 Å². The summed E-state index contributed by atoms with van der Waals surface area (Å²) in [6.07, 6.45) is 2.85. The standard InChI is InChI=1S/C22H14N4O2S/c23-13-17(12-19-10-11-20(29-19)15-4-2-1-3-5-15)21(27)25-18-8-6-16(7-9-18)22-26-24-14-28-22/h1-12,14H,(H,25,27)/b17-12+. The van der Waals surface area contributed by atoms with Gasteiger partial charge < -0.3 is 9.73 Å². The molecule has 0 radical (unpaired) electrons. The number of benzene rings is 2. The van der Waals surface area contributed by atoms with Gasteiger partial charge in [0.05, 0.1) is 0 Å². The Kier molecular flexibility index (Phi) is 5.27. The third-order valence-corrected chi connectivity index (χ3v) is 5.17. The Morgan fingerprint density at radius 2 is 1.83 bits per heavy atom. The molecule has 0 fully saturated rings. The smallest absolute Gasteiger partial charge is 0.266 e. The quantitative estimate of drug-likeness (QED) is 0.377. The molecule has 0 saturated carbocycles. The minimum absolute atomic E-state index is 0.0347. The number of nitrogens with one attached hydrogen (secondary N) is 1. The Morgan fingerprint density at radius 1 is 1.03 bits per heavy atom. The highest BCUT2D eigenvalue weighted by atomic mass is 32.1. The zero-order chi connectivity index (χ0) is 20.1. The van der Waals surface area contributed by atoms with E-state index in [0.29, 0.717) is 11.6 Å². The van der Waals surface area contributed by atoms with Gasteiger partial charge in [-0.25, -0.2) is 0 Å². The molecular formula is C22H14N4O2S. The Bertz CT molecular complexity index is 1190. The van der Waals surface area contributed by atoms with Gasteiger partial charge in [0, 0.05) is 21.0 Å². The third kappa shape index (κ3) is 4.29. The van der Waals surface area contributed by atoms with E-state index in [1.807, 2.05) is 48.5 Å². The molecule has 0 saturated heterocycles. The molecule has 0 bridgehead atoms. The zero-order valence-electron chi connectivity index (χ0n) is 15.1. The van der Waals surface area contributed by atoms with Gasteiger partial charge >= 0.3 is 0 Å². The molecule has 2 heterocycles. The van der Waals surface area contributed by atoms with Crippen molar-refractivity contribution in [2.45, 2.75) is 0 Å². The van der Waals surface area contributed by atoms with E-state index in [2.05, 4.69) is 15.5 Å². The van der Waals surface area contributed by atoms with E-state index in [0.717, 1.165) is 20.9 Å². The minimum atomic E-state index is -0.465. The highest BCUT2D eigenvalue weighted by molar-refractivity contribution is 7.16. The minimum Gasteiger partial charge on any atom is -0.423 e. The van der Waals surface area contributed by atoms with Crippen LogP contribution in [0.25, 0.3) is 28.0 Å². The highest BCUT2D eigenvalue weighted by Gasteiger charge is 2.11. The number of nitriles is 1. The summed E-state index contributed by atoms with van der Waals surface area (Å²) in [6, 6.07) is 22.8. The number of hydrogen-bond acceptors (Lipinski definition) is 6. The molecule has 2 aromatic heterocycles. The summed E-state index contributed by atoms with van der Waals surface area (Å²) < 4.78 is 5.14. The lowest BCUT2D eigenvalue weighted by Gasteiger charge is -2.04. The van der Waals surface area contributed by atoms with Gasteiger partial charge in [-0.2, -0.15) is 5.26 Å². The highest BCUT2D eigenvalue weighted by Crippen LogP contribution is 2.29. The number of anilines is 1. The van der Waals surface area contributed by atoms with Crippen molar-refractivity contribution in [3.63, 3.8) is 0 Å². The summed E-state index contributed by atoms with van der Waals surface area (Å²) in [4.78, 5) is 14.4. The van der Waals surface area contributed by atoms with Crippen molar-refractivity contribution in [3.05, 3.63) is 83.6 Å². The molecule has 4 rings (SSSR count). The molecule has 1 amide bonds. The molecule has 0 spiro atoms. The van der Waals surface area contributed by atoms with E-state index in [1.165, 1.54) is 17.7 Å². The monoisotopic (exact) mass is 398 g/mol. The molecule has 7 heteroatoms. The van der Waals surface area contributed by atoms with Crippen LogP contribution in [0.5, 0.6) is 0 Å². The number of thiophene rings is 1. The molecule has 0 aliphatic rings. The van der Waals surface area contributed by atoms with E-state index < -0.39 is 5.91 Å². The van der Waals surface area contributed by atoms with Crippen LogP contribution < -0.4 is 5.32 Å². The normalized spacial score (nSPS) is 11.1. The topological polar surface area (TPSA) is 91.8 Å². The van der Waals surface area contributed by atoms with Crippen molar-refractivity contribution in [3.8, 4) is 28.0 Å². The zero-order valence-corrected chi connectivity index (χ0v) is 15.9. The molecule has 0 aliphatic heterocycles. The molecule has 6 nitrogen and oxygen atoms in total. The molecule has 140 valence electrons. The maximum absolute atomic E-state index is 12.5. The van der Waals surface area contributed by atoms with Crippen LogP contribution in [0, 0.1) is 11.3 Å². The van der Waals surface area contributed by atoms with Crippen LogP contribution in [-0.2, 0) is 4.79 Å². The van der Waals surface area contributed by atoms with E-state index in [-0.39, 0.29) is 5.57 Å². The van der Waals surface area contributed by atoms with Gasteiger partial charge in [0.1, 0.15) is 11.6 Å². The van der Waals surface area contributed by atoms with Crippen LogP contribution in [0.1, 0.15) is 4.88 Å². The number of aromatic nitrogens is 2. The fraction of sp³-hybridized carbons (Fsp3) is 0. The average Bonchev–Trinajstić information content (AvgIpc) is 3.45. The van der Waals surface area contributed by atoms with Gasteiger partial charge in [-0.05, 0) is 48.0 Å². The molecule has 29 heavy (non-hydrogen) atoms. The molecule has 0 unspecified atom stereocenters. The molecular weight excluding hydrogens is 384 g/mol. The molecule has 2 aromatic carbocycles. The number of hydrogen-bond donors (Lipinski definition) is 1. The fourth-order valence-corrected chi connectivity index (χ4v) is 3.63. The van der Waals surface area contributed by atoms with Crippen LogP contribution in [-0.4, -0.2) is 16.1 Å². The maximum Gasteiger partial charge on any atom is 0.266 e. The van der Waals surface area contributed by atoms with Crippen LogP contribution in [0.4, 0.5) is 5.69 Å². The summed E-state index contributed by atoms with van der Waals surface area (Å²) in [7, 11) is 0. The first-order valence-corrected chi connectivity index (χ1v) is 9.49. The SMILES string of the molecule is N#C/C(=C\c1ccc(-c2ccccc2)s1)C(=O)Nc1ccc(-c2nnco2)cc1.